The minimum Gasteiger partial charge on any atom is -0.302 e. The molecule has 1 heterocycles. The number of likely N-dealkylation sites (tertiary alicyclic amines) is 1. The second-order valence-corrected chi connectivity index (χ2v) is 5.77. The Hall–Kier alpha value is -1.15. The summed E-state index contributed by atoms with van der Waals surface area (Å²) >= 11 is 0. The zero-order chi connectivity index (χ0) is 13.7. The molecule has 2 heteroatoms. The molecule has 0 saturated carbocycles. The third-order valence-electron chi connectivity index (χ3n) is 4.77. The molecule has 0 N–H and O–H groups in total. The predicted octanol–water partition coefficient (Wildman–Crippen LogP) is 3.77. The molecule has 1 aromatic carbocycles. The van der Waals surface area contributed by atoms with Crippen molar-refractivity contribution < 1.29 is 4.79 Å². The number of Topliss-reactive ketones (excluding diaryl/α,β-unsaturated/α-hetero) is 1. The number of benzene rings is 1. The fourth-order valence-corrected chi connectivity index (χ4v) is 3.07. The Kier molecular flexibility index (Phi) is 4.76. The van der Waals surface area contributed by atoms with Crippen molar-refractivity contribution >= 4 is 5.78 Å². The number of carbonyl (C=O) groups excluding carboxylic acids is 1. The minimum atomic E-state index is 0.270. The molecule has 104 valence electrons. The summed E-state index contributed by atoms with van der Waals surface area (Å²) in [6.07, 6.45) is 4.45. The molecule has 0 bridgehead atoms. The van der Waals surface area contributed by atoms with Crippen molar-refractivity contribution in [2.45, 2.75) is 39.5 Å². The molecular weight excluding hydrogens is 234 g/mol. The topological polar surface area (TPSA) is 20.3 Å². The van der Waals surface area contributed by atoms with Crippen LogP contribution in [0.2, 0.25) is 0 Å². The molecule has 1 aliphatic rings. The van der Waals surface area contributed by atoms with Crippen molar-refractivity contribution in [2.24, 2.45) is 5.41 Å². The zero-order valence-corrected chi connectivity index (χ0v) is 12.2. The Morgan fingerprint density at radius 2 is 1.89 bits per heavy atom. The van der Waals surface area contributed by atoms with Crippen LogP contribution in [0.1, 0.15) is 49.9 Å². The van der Waals surface area contributed by atoms with Crippen LogP contribution in [0.3, 0.4) is 0 Å². The van der Waals surface area contributed by atoms with E-state index in [1.807, 2.05) is 30.3 Å². The normalized spacial score (nSPS) is 18.6. The van der Waals surface area contributed by atoms with Gasteiger partial charge >= 0.3 is 0 Å². The molecule has 2 nitrogen and oxygen atoms in total. The van der Waals surface area contributed by atoms with Crippen LogP contribution in [0.25, 0.3) is 0 Å². The number of carbonyl (C=O) groups is 1. The molecule has 0 spiro atoms. The van der Waals surface area contributed by atoms with E-state index in [2.05, 4.69) is 18.7 Å². The van der Waals surface area contributed by atoms with E-state index in [4.69, 9.17) is 0 Å². The summed E-state index contributed by atoms with van der Waals surface area (Å²) in [6, 6.07) is 9.64. The van der Waals surface area contributed by atoms with E-state index < -0.39 is 0 Å². The van der Waals surface area contributed by atoms with Crippen LogP contribution in [-0.2, 0) is 0 Å². The maximum atomic E-state index is 12.1. The van der Waals surface area contributed by atoms with Gasteiger partial charge in [-0.3, -0.25) is 4.79 Å². The lowest BCUT2D eigenvalue weighted by molar-refractivity contribution is 0.0965. The van der Waals surface area contributed by atoms with Gasteiger partial charge in [-0.15, -0.1) is 0 Å². The summed E-state index contributed by atoms with van der Waals surface area (Å²) in [5.41, 5.74) is 1.36. The Morgan fingerprint density at radius 3 is 2.47 bits per heavy atom. The standard InChI is InChI=1S/C17H25NO/c1-3-17(4-2)11-13-18(14-17)12-10-16(19)15-8-6-5-7-9-15/h5-9H,3-4,10-14H2,1-2H3. The first kappa shape index (κ1) is 14.3. The van der Waals surface area contributed by atoms with E-state index in [1.54, 1.807) is 0 Å². The monoisotopic (exact) mass is 259 g/mol. The highest BCUT2D eigenvalue weighted by Gasteiger charge is 2.34. The lowest BCUT2D eigenvalue weighted by Crippen LogP contribution is -2.28. The van der Waals surface area contributed by atoms with Gasteiger partial charge < -0.3 is 4.90 Å². The number of nitrogens with zero attached hydrogens (tertiary/aromatic N) is 1. The van der Waals surface area contributed by atoms with Gasteiger partial charge in [-0.2, -0.15) is 0 Å². The highest BCUT2D eigenvalue weighted by Crippen LogP contribution is 2.36. The van der Waals surface area contributed by atoms with Crippen LogP contribution in [0.5, 0.6) is 0 Å². The summed E-state index contributed by atoms with van der Waals surface area (Å²) in [6.45, 7) is 7.82. The van der Waals surface area contributed by atoms with E-state index >= 15 is 0 Å². The molecule has 0 amide bonds. The van der Waals surface area contributed by atoms with Crippen molar-refractivity contribution in [1.82, 2.24) is 4.90 Å². The van der Waals surface area contributed by atoms with Gasteiger partial charge in [0.15, 0.2) is 5.78 Å². The molecular formula is C17H25NO. The molecule has 1 saturated heterocycles. The van der Waals surface area contributed by atoms with Crippen LogP contribution in [0.15, 0.2) is 30.3 Å². The second-order valence-electron chi connectivity index (χ2n) is 5.77. The van der Waals surface area contributed by atoms with E-state index in [9.17, 15) is 4.79 Å². The minimum absolute atomic E-state index is 0.270. The van der Waals surface area contributed by atoms with Crippen LogP contribution >= 0.6 is 0 Å². The molecule has 2 rings (SSSR count). The van der Waals surface area contributed by atoms with Crippen LogP contribution < -0.4 is 0 Å². The van der Waals surface area contributed by atoms with Gasteiger partial charge in [0.2, 0.25) is 0 Å². The molecule has 0 atom stereocenters. The quantitative estimate of drug-likeness (QED) is 0.725. The fourth-order valence-electron chi connectivity index (χ4n) is 3.07. The van der Waals surface area contributed by atoms with Gasteiger partial charge in [-0.1, -0.05) is 44.2 Å². The van der Waals surface area contributed by atoms with Crippen molar-refractivity contribution in [3.05, 3.63) is 35.9 Å². The summed E-state index contributed by atoms with van der Waals surface area (Å²) < 4.78 is 0. The molecule has 19 heavy (non-hydrogen) atoms. The maximum Gasteiger partial charge on any atom is 0.164 e. The first-order valence-corrected chi connectivity index (χ1v) is 7.50. The predicted molar refractivity (Wildman–Crippen MR) is 79.5 cm³/mol. The summed E-state index contributed by atoms with van der Waals surface area (Å²) in [4.78, 5) is 14.5. The zero-order valence-electron chi connectivity index (χ0n) is 12.2. The van der Waals surface area contributed by atoms with E-state index in [0.29, 0.717) is 11.8 Å². The highest BCUT2D eigenvalue weighted by atomic mass is 16.1. The highest BCUT2D eigenvalue weighted by molar-refractivity contribution is 5.96. The van der Waals surface area contributed by atoms with Crippen molar-refractivity contribution in [3.63, 3.8) is 0 Å². The summed E-state index contributed by atoms with van der Waals surface area (Å²) in [5.74, 6) is 0.270. The van der Waals surface area contributed by atoms with E-state index in [0.717, 1.165) is 18.7 Å². The van der Waals surface area contributed by atoms with Crippen molar-refractivity contribution in [3.8, 4) is 0 Å². The first-order valence-electron chi connectivity index (χ1n) is 7.50. The molecule has 0 radical (unpaired) electrons. The average molecular weight is 259 g/mol. The van der Waals surface area contributed by atoms with Gasteiger partial charge in [-0.25, -0.2) is 0 Å². The maximum absolute atomic E-state index is 12.1. The largest absolute Gasteiger partial charge is 0.302 e. The molecule has 0 aromatic heterocycles. The third kappa shape index (κ3) is 3.44. The fraction of sp³-hybridized carbons (Fsp3) is 0.588. The lowest BCUT2D eigenvalue weighted by atomic mass is 9.82. The van der Waals surface area contributed by atoms with Gasteiger partial charge in [0.05, 0.1) is 0 Å². The van der Waals surface area contributed by atoms with Crippen molar-refractivity contribution in [2.75, 3.05) is 19.6 Å². The third-order valence-corrected chi connectivity index (χ3v) is 4.77. The lowest BCUT2D eigenvalue weighted by Gasteiger charge is -2.26. The molecule has 0 unspecified atom stereocenters. The summed E-state index contributed by atoms with van der Waals surface area (Å²) in [7, 11) is 0. The Balaban J connectivity index is 1.83. The van der Waals surface area contributed by atoms with Crippen molar-refractivity contribution in [1.29, 1.82) is 0 Å². The molecule has 1 fully saturated rings. The van der Waals surface area contributed by atoms with Crippen LogP contribution in [0, 0.1) is 5.41 Å². The van der Waals surface area contributed by atoms with Gasteiger partial charge in [0.1, 0.15) is 0 Å². The number of rotatable bonds is 6. The Labute approximate surface area is 116 Å². The summed E-state index contributed by atoms with van der Waals surface area (Å²) in [5, 5.41) is 0. The molecule has 0 aliphatic carbocycles. The van der Waals surface area contributed by atoms with Crippen LogP contribution in [0.4, 0.5) is 0 Å². The van der Waals surface area contributed by atoms with Gasteiger partial charge in [0, 0.05) is 25.1 Å². The number of ketones is 1. The second kappa shape index (κ2) is 6.33. The van der Waals surface area contributed by atoms with E-state index in [1.165, 1.54) is 25.8 Å². The number of hydrogen-bond donors (Lipinski definition) is 0. The smallest absolute Gasteiger partial charge is 0.164 e. The Morgan fingerprint density at radius 1 is 1.21 bits per heavy atom. The average Bonchev–Trinajstić information content (AvgIpc) is 2.90. The SMILES string of the molecule is CCC1(CC)CCN(CCC(=O)c2ccccc2)C1. The van der Waals surface area contributed by atoms with E-state index in [-0.39, 0.29) is 5.78 Å². The molecule has 1 aliphatic heterocycles. The first-order chi connectivity index (χ1) is 9.19. The number of hydrogen-bond acceptors (Lipinski definition) is 2. The van der Waals surface area contributed by atoms with Gasteiger partial charge in [-0.05, 0) is 31.2 Å². The Bertz CT molecular complexity index is 409. The van der Waals surface area contributed by atoms with Crippen LogP contribution in [-0.4, -0.2) is 30.3 Å². The van der Waals surface area contributed by atoms with Gasteiger partial charge in [0.25, 0.3) is 0 Å². The molecule has 1 aromatic rings.